The van der Waals surface area contributed by atoms with E-state index >= 15 is 0 Å². The SMILES string of the molecule is O.O.O.[I][Nb]([I])([I])[I]. The van der Waals surface area contributed by atoms with Crippen LogP contribution in [0.5, 0.6) is 0 Å². The Morgan fingerprint density at radius 3 is 0.625 bits per heavy atom. The molecule has 0 saturated carbocycles. The van der Waals surface area contributed by atoms with Crippen LogP contribution in [-0.2, 0) is 1.87 Å². The first-order valence-corrected chi connectivity index (χ1v) is 26.8. The van der Waals surface area contributed by atoms with Crippen molar-refractivity contribution in [1.82, 2.24) is 0 Å². The van der Waals surface area contributed by atoms with Crippen LogP contribution in [0.2, 0.25) is 0 Å². The molecule has 0 unspecified atom stereocenters. The molecule has 6 N–H and O–H groups in total. The van der Waals surface area contributed by atoms with Gasteiger partial charge in [-0.1, -0.05) is 0 Å². The van der Waals surface area contributed by atoms with Gasteiger partial charge in [-0.2, -0.15) is 0 Å². The van der Waals surface area contributed by atoms with Crippen molar-refractivity contribution in [1.29, 1.82) is 0 Å². The zero-order valence-corrected chi connectivity index (χ0v) is 14.3. The number of rotatable bonds is 0. The molecule has 0 aliphatic rings. The second-order valence-electron chi connectivity index (χ2n) is 0.383. The fraction of sp³-hybridized carbons (Fsp3) is 0. The van der Waals surface area contributed by atoms with E-state index in [0.29, 0.717) is 0 Å². The van der Waals surface area contributed by atoms with Crippen molar-refractivity contribution >= 4 is 76.1 Å². The van der Waals surface area contributed by atoms with Crippen molar-refractivity contribution < 1.29 is 18.3 Å². The molecule has 0 fully saturated rings. The van der Waals surface area contributed by atoms with Gasteiger partial charge in [0, 0.05) is 0 Å². The molecule has 0 bridgehead atoms. The van der Waals surface area contributed by atoms with Gasteiger partial charge in [-0.15, -0.1) is 0 Å². The number of hydrogen-bond acceptors (Lipinski definition) is 0. The van der Waals surface area contributed by atoms with E-state index in [1.54, 1.807) is 0 Å². The molecular weight excluding hydrogens is 649 g/mol. The molecular formula is H6I4NbO3. The number of halogens is 4. The van der Waals surface area contributed by atoms with Crippen molar-refractivity contribution in [3.63, 3.8) is 0 Å². The Labute approximate surface area is 91.7 Å². The molecule has 0 spiro atoms. The van der Waals surface area contributed by atoms with Gasteiger partial charge in [0.25, 0.3) is 0 Å². The third-order valence-electron chi connectivity index (χ3n) is 0. The summed E-state index contributed by atoms with van der Waals surface area (Å²) < 4.78 is -1.22. The predicted octanol–water partition coefficient (Wildman–Crippen LogP) is 1.07. The summed E-state index contributed by atoms with van der Waals surface area (Å²) in [7, 11) is 0. The van der Waals surface area contributed by atoms with Crippen LogP contribution in [0, 0.1) is 0 Å². The molecule has 0 radical (unpaired) electrons. The molecule has 8 heteroatoms. The Morgan fingerprint density at radius 2 is 0.625 bits per heavy atom. The van der Waals surface area contributed by atoms with Gasteiger partial charge < -0.3 is 16.4 Å². The summed E-state index contributed by atoms with van der Waals surface area (Å²) in [5, 5.41) is 0. The third-order valence-corrected chi connectivity index (χ3v) is 0. The first-order valence-electron chi connectivity index (χ1n) is 0.676. The summed E-state index contributed by atoms with van der Waals surface area (Å²) >= 11 is 10.2. The Bertz CT molecular complexity index is 26.8. The van der Waals surface area contributed by atoms with E-state index in [2.05, 4.69) is 76.1 Å². The molecule has 0 aliphatic heterocycles. The Hall–Kier alpha value is 3.54. The van der Waals surface area contributed by atoms with E-state index in [4.69, 9.17) is 0 Å². The first kappa shape index (κ1) is 22.5. The fourth-order valence-electron chi connectivity index (χ4n) is 0. The maximum atomic E-state index is 2.54. The van der Waals surface area contributed by atoms with E-state index in [1.807, 2.05) is 0 Å². The Balaban J connectivity index is -0.0000000267. The molecule has 0 atom stereocenters. The fourth-order valence-corrected chi connectivity index (χ4v) is 0. The van der Waals surface area contributed by atoms with Crippen molar-refractivity contribution in [3.05, 3.63) is 0 Å². The standard InChI is InChI=1S/4HI.Nb.3H2O/h4*1H;;3*1H2/q;;;;+4;;;/p-4. The summed E-state index contributed by atoms with van der Waals surface area (Å²) in [5.74, 6) is 0. The van der Waals surface area contributed by atoms with Gasteiger partial charge in [-0.25, -0.2) is 0 Å². The van der Waals surface area contributed by atoms with Crippen LogP contribution >= 0.6 is 76.1 Å². The van der Waals surface area contributed by atoms with Gasteiger partial charge in [-0.05, 0) is 0 Å². The maximum absolute atomic E-state index is 2.54. The molecule has 0 heterocycles. The van der Waals surface area contributed by atoms with Crippen LogP contribution < -0.4 is 0 Å². The normalized spacial score (nSPS) is 7.50. The summed E-state index contributed by atoms with van der Waals surface area (Å²) in [6, 6.07) is 0. The molecule has 0 rings (SSSR count). The van der Waals surface area contributed by atoms with Gasteiger partial charge in [0.1, 0.15) is 0 Å². The number of hydrogen-bond donors (Lipinski definition) is 0. The summed E-state index contributed by atoms with van der Waals surface area (Å²) in [6.07, 6.45) is 0. The molecule has 3 nitrogen and oxygen atoms in total. The Kier molecular flexibility index (Phi) is 29.7. The van der Waals surface area contributed by atoms with Gasteiger partial charge in [-0.3, -0.25) is 0 Å². The van der Waals surface area contributed by atoms with Crippen LogP contribution in [0.15, 0.2) is 0 Å². The molecule has 57 valence electrons. The molecule has 0 aromatic heterocycles. The van der Waals surface area contributed by atoms with Gasteiger partial charge >= 0.3 is 78.0 Å². The van der Waals surface area contributed by atoms with Gasteiger partial charge in [0.15, 0.2) is 0 Å². The van der Waals surface area contributed by atoms with E-state index in [-0.39, 0.29) is 16.4 Å². The Morgan fingerprint density at radius 1 is 0.625 bits per heavy atom. The van der Waals surface area contributed by atoms with E-state index < -0.39 is 1.87 Å². The molecule has 0 aliphatic carbocycles. The first-order chi connectivity index (χ1) is 2.00. The van der Waals surface area contributed by atoms with Crippen molar-refractivity contribution in [3.8, 4) is 0 Å². The molecule has 0 saturated heterocycles. The quantitative estimate of drug-likeness (QED) is 0.276. The van der Waals surface area contributed by atoms with Crippen molar-refractivity contribution in [2.45, 2.75) is 0 Å². The second kappa shape index (κ2) is 10.5. The summed E-state index contributed by atoms with van der Waals surface area (Å²) in [5.41, 5.74) is 0. The third kappa shape index (κ3) is 55.5. The van der Waals surface area contributed by atoms with Gasteiger partial charge in [0.2, 0.25) is 0 Å². The van der Waals surface area contributed by atoms with Crippen LogP contribution in [-0.4, -0.2) is 16.4 Å². The summed E-state index contributed by atoms with van der Waals surface area (Å²) in [6.45, 7) is 0. The topological polar surface area (TPSA) is 94.5 Å². The van der Waals surface area contributed by atoms with Gasteiger partial charge in [0.05, 0.1) is 0 Å². The van der Waals surface area contributed by atoms with Crippen LogP contribution in [0.25, 0.3) is 0 Å². The van der Waals surface area contributed by atoms with Crippen molar-refractivity contribution in [2.75, 3.05) is 0 Å². The minimum atomic E-state index is -1.22. The zero-order chi connectivity index (χ0) is 4.50. The predicted molar refractivity (Wildman–Crippen MR) is 66.9 cm³/mol. The van der Waals surface area contributed by atoms with Crippen LogP contribution in [0.4, 0.5) is 0 Å². The van der Waals surface area contributed by atoms with E-state index in [9.17, 15) is 0 Å². The van der Waals surface area contributed by atoms with Crippen molar-refractivity contribution in [2.24, 2.45) is 0 Å². The van der Waals surface area contributed by atoms with Crippen LogP contribution in [0.3, 0.4) is 0 Å². The average molecular weight is 655 g/mol. The molecule has 0 aromatic carbocycles. The minimum absolute atomic E-state index is 0. The summed E-state index contributed by atoms with van der Waals surface area (Å²) in [4.78, 5) is 0. The molecule has 0 aromatic rings. The van der Waals surface area contributed by atoms with E-state index in [0.717, 1.165) is 0 Å². The zero-order valence-electron chi connectivity index (χ0n) is 3.46. The second-order valence-corrected chi connectivity index (χ2v) is 102. The molecule has 0 amide bonds. The van der Waals surface area contributed by atoms with Crippen LogP contribution in [0.1, 0.15) is 0 Å². The van der Waals surface area contributed by atoms with E-state index in [1.165, 1.54) is 0 Å². The molecule has 8 heavy (non-hydrogen) atoms. The monoisotopic (exact) mass is 655 g/mol. The average Bonchev–Trinajstić information content (AvgIpc) is 0.722.